The molecule has 4 rings (SSSR count). The molecular formula is C25H23N3O4. The summed E-state index contributed by atoms with van der Waals surface area (Å²) in [4.78, 5) is 12.5. The number of aromatic hydroxyl groups is 1. The maximum Gasteiger partial charge on any atom is 0.342 e. The van der Waals surface area contributed by atoms with Crippen LogP contribution in [0.15, 0.2) is 72.9 Å². The summed E-state index contributed by atoms with van der Waals surface area (Å²) in [5, 5.41) is 30.2. The van der Waals surface area contributed by atoms with Crippen molar-refractivity contribution in [2.45, 2.75) is 20.0 Å². The van der Waals surface area contributed by atoms with Crippen LogP contribution in [0.1, 0.15) is 40.2 Å². The number of aromatic nitrogens is 3. The lowest BCUT2D eigenvalue weighted by atomic mass is 9.96. The quantitative estimate of drug-likeness (QED) is 0.446. The van der Waals surface area contributed by atoms with Gasteiger partial charge in [0.05, 0.1) is 12.8 Å². The van der Waals surface area contributed by atoms with Gasteiger partial charge in [0.1, 0.15) is 23.0 Å². The molecule has 3 aromatic carbocycles. The van der Waals surface area contributed by atoms with Crippen LogP contribution in [0, 0.1) is 6.92 Å². The number of benzene rings is 3. The van der Waals surface area contributed by atoms with Gasteiger partial charge in [0.2, 0.25) is 0 Å². The fourth-order valence-electron chi connectivity index (χ4n) is 3.64. The molecule has 0 spiro atoms. The van der Waals surface area contributed by atoms with Crippen molar-refractivity contribution in [3.05, 3.63) is 95.3 Å². The smallest absolute Gasteiger partial charge is 0.342 e. The van der Waals surface area contributed by atoms with Crippen LogP contribution in [0.4, 0.5) is 0 Å². The molecular weight excluding hydrogens is 406 g/mol. The molecule has 0 aliphatic carbocycles. The number of phenols is 1. The third kappa shape index (κ3) is 3.98. The van der Waals surface area contributed by atoms with Gasteiger partial charge in [-0.25, -0.2) is 9.48 Å². The zero-order chi connectivity index (χ0) is 22.7. The van der Waals surface area contributed by atoms with E-state index in [-0.39, 0.29) is 23.6 Å². The first-order valence-electron chi connectivity index (χ1n) is 10.3. The van der Waals surface area contributed by atoms with Crippen LogP contribution in [0.25, 0.3) is 16.8 Å². The first kappa shape index (κ1) is 21.3. The van der Waals surface area contributed by atoms with Crippen LogP contribution in [0.3, 0.4) is 0 Å². The molecule has 0 aliphatic rings. The molecule has 0 saturated carbocycles. The number of aliphatic hydroxyl groups excluding tert-OH is 1. The minimum atomic E-state index is -0.984. The zero-order valence-electron chi connectivity index (χ0n) is 17.8. The standard InChI is InChI=1S/C25H23N3O4/c1-3-32-25(31)21-16(2)14-19(17-10-6-4-7-11-17)22(24(21)30)28-15-20(26-27-28)23(29)18-12-8-5-9-13-18/h4-15,23,29-30H,3H2,1-2H3. The number of carbonyl (C=O) groups excluding carboxylic acids is 1. The maximum absolute atomic E-state index is 12.5. The highest BCUT2D eigenvalue weighted by atomic mass is 16.5. The summed E-state index contributed by atoms with van der Waals surface area (Å²) in [5.74, 6) is -0.874. The second-order valence-electron chi connectivity index (χ2n) is 7.30. The summed E-state index contributed by atoms with van der Waals surface area (Å²) in [6.45, 7) is 3.64. The van der Waals surface area contributed by atoms with Crippen LogP contribution in [0.5, 0.6) is 5.75 Å². The number of aliphatic hydroxyl groups is 1. The third-order valence-electron chi connectivity index (χ3n) is 5.17. The summed E-state index contributed by atoms with van der Waals surface area (Å²) >= 11 is 0. The SMILES string of the molecule is CCOC(=O)c1c(C)cc(-c2ccccc2)c(-n2cc(C(O)c3ccccc3)nn2)c1O. The van der Waals surface area contributed by atoms with Crippen molar-refractivity contribution >= 4 is 5.97 Å². The summed E-state index contributed by atoms with van der Waals surface area (Å²) < 4.78 is 6.52. The Balaban J connectivity index is 1.88. The van der Waals surface area contributed by atoms with Gasteiger partial charge < -0.3 is 14.9 Å². The van der Waals surface area contributed by atoms with Crippen molar-refractivity contribution in [2.75, 3.05) is 6.61 Å². The van der Waals surface area contributed by atoms with Crippen molar-refractivity contribution in [3.8, 4) is 22.6 Å². The number of carbonyl (C=O) groups is 1. The Labute approximate surface area is 185 Å². The van der Waals surface area contributed by atoms with E-state index in [0.717, 1.165) is 5.56 Å². The predicted molar refractivity (Wildman–Crippen MR) is 120 cm³/mol. The number of hydrogen-bond acceptors (Lipinski definition) is 6. The largest absolute Gasteiger partial charge is 0.505 e. The molecule has 0 radical (unpaired) electrons. The molecule has 162 valence electrons. The third-order valence-corrected chi connectivity index (χ3v) is 5.17. The minimum absolute atomic E-state index is 0.0715. The molecule has 7 heteroatoms. The predicted octanol–water partition coefficient (Wildman–Crippen LogP) is 4.21. The highest BCUT2D eigenvalue weighted by Gasteiger charge is 2.25. The van der Waals surface area contributed by atoms with Gasteiger partial charge in [-0.15, -0.1) is 5.10 Å². The lowest BCUT2D eigenvalue weighted by Crippen LogP contribution is -2.10. The molecule has 1 unspecified atom stereocenters. The first-order chi connectivity index (χ1) is 15.5. The van der Waals surface area contributed by atoms with E-state index in [0.29, 0.717) is 22.4 Å². The molecule has 0 amide bonds. The molecule has 1 atom stereocenters. The second kappa shape index (κ2) is 9.03. The summed E-state index contributed by atoms with van der Waals surface area (Å²) in [5.41, 5.74) is 3.41. The van der Waals surface area contributed by atoms with Gasteiger partial charge >= 0.3 is 5.97 Å². The summed E-state index contributed by atoms with van der Waals surface area (Å²) in [6.07, 6.45) is 0.561. The van der Waals surface area contributed by atoms with Crippen LogP contribution in [-0.2, 0) is 4.74 Å². The lowest BCUT2D eigenvalue weighted by Gasteiger charge is -2.17. The molecule has 0 bridgehead atoms. The highest BCUT2D eigenvalue weighted by molar-refractivity contribution is 5.98. The van der Waals surface area contributed by atoms with E-state index in [1.165, 1.54) is 4.68 Å². The Morgan fingerprint density at radius 3 is 2.41 bits per heavy atom. The summed E-state index contributed by atoms with van der Waals surface area (Å²) in [7, 11) is 0. The lowest BCUT2D eigenvalue weighted by molar-refractivity contribution is 0.0522. The molecule has 4 aromatic rings. The van der Waals surface area contributed by atoms with E-state index in [2.05, 4.69) is 10.3 Å². The van der Waals surface area contributed by atoms with E-state index in [1.54, 1.807) is 32.2 Å². The molecule has 2 N–H and O–H groups in total. The van der Waals surface area contributed by atoms with Crippen LogP contribution in [0.2, 0.25) is 0 Å². The number of nitrogens with zero attached hydrogens (tertiary/aromatic N) is 3. The Hall–Kier alpha value is -3.97. The molecule has 1 aromatic heterocycles. The number of aryl methyl sites for hydroxylation is 1. The van der Waals surface area contributed by atoms with Gasteiger partial charge in [-0.1, -0.05) is 65.9 Å². The average Bonchev–Trinajstić information content (AvgIpc) is 3.29. The average molecular weight is 429 g/mol. The molecule has 0 fully saturated rings. The van der Waals surface area contributed by atoms with Gasteiger partial charge in [0, 0.05) is 5.56 Å². The van der Waals surface area contributed by atoms with Gasteiger partial charge in [-0.2, -0.15) is 0 Å². The molecule has 1 heterocycles. The molecule has 7 nitrogen and oxygen atoms in total. The monoisotopic (exact) mass is 429 g/mol. The fraction of sp³-hybridized carbons (Fsp3) is 0.160. The van der Waals surface area contributed by atoms with Gasteiger partial charge in [0.25, 0.3) is 0 Å². The van der Waals surface area contributed by atoms with E-state index < -0.39 is 12.1 Å². The van der Waals surface area contributed by atoms with E-state index >= 15 is 0 Å². The van der Waals surface area contributed by atoms with Crippen LogP contribution in [-0.4, -0.2) is 37.8 Å². The number of hydrogen-bond donors (Lipinski definition) is 2. The van der Waals surface area contributed by atoms with E-state index in [1.807, 2.05) is 54.6 Å². The zero-order valence-corrected chi connectivity index (χ0v) is 17.8. The Kier molecular flexibility index (Phi) is 6.00. The van der Waals surface area contributed by atoms with Gasteiger partial charge in [0.15, 0.2) is 5.75 Å². The molecule has 0 aliphatic heterocycles. The Morgan fingerprint density at radius 1 is 1.09 bits per heavy atom. The number of ether oxygens (including phenoxy) is 1. The fourth-order valence-corrected chi connectivity index (χ4v) is 3.64. The van der Waals surface area contributed by atoms with Crippen molar-refractivity contribution in [2.24, 2.45) is 0 Å². The molecule has 0 saturated heterocycles. The van der Waals surface area contributed by atoms with Gasteiger partial charge in [-0.3, -0.25) is 0 Å². The van der Waals surface area contributed by atoms with Crippen LogP contribution < -0.4 is 0 Å². The second-order valence-corrected chi connectivity index (χ2v) is 7.30. The van der Waals surface area contributed by atoms with E-state index in [9.17, 15) is 15.0 Å². The minimum Gasteiger partial charge on any atom is -0.505 e. The molecule has 32 heavy (non-hydrogen) atoms. The van der Waals surface area contributed by atoms with Crippen molar-refractivity contribution in [1.29, 1.82) is 0 Å². The van der Waals surface area contributed by atoms with E-state index in [4.69, 9.17) is 4.74 Å². The van der Waals surface area contributed by atoms with Crippen molar-refractivity contribution < 1.29 is 19.7 Å². The first-order valence-corrected chi connectivity index (χ1v) is 10.3. The number of rotatable bonds is 6. The normalized spacial score (nSPS) is 11.8. The van der Waals surface area contributed by atoms with Gasteiger partial charge in [-0.05, 0) is 36.6 Å². The topological polar surface area (TPSA) is 97.5 Å². The maximum atomic E-state index is 12.5. The number of phenolic OH excluding ortho intramolecular Hbond substituents is 1. The van der Waals surface area contributed by atoms with Crippen LogP contribution >= 0.6 is 0 Å². The summed E-state index contributed by atoms with van der Waals surface area (Å²) in [6, 6.07) is 20.4. The Morgan fingerprint density at radius 2 is 1.75 bits per heavy atom. The highest BCUT2D eigenvalue weighted by Crippen LogP contribution is 2.38. The Bertz CT molecular complexity index is 1240. The van der Waals surface area contributed by atoms with Crippen molar-refractivity contribution in [3.63, 3.8) is 0 Å². The van der Waals surface area contributed by atoms with Crippen molar-refractivity contribution in [1.82, 2.24) is 15.0 Å². The number of esters is 1.